The SMILES string of the molecule is CCOc1ccc(C(=O)OCc2c(C)noc2C)cc1[N+](=O)[O-]. The van der Waals surface area contributed by atoms with Gasteiger partial charge in [-0.1, -0.05) is 5.16 Å². The van der Waals surface area contributed by atoms with Crippen molar-refractivity contribution in [3.8, 4) is 5.75 Å². The van der Waals surface area contributed by atoms with Crippen molar-refractivity contribution in [3.63, 3.8) is 0 Å². The molecule has 0 saturated heterocycles. The largest absolute Gasteiger partial charge is 0.487 e. The summed E-state index contributed by atoms with van der Waals surface area (Å²) in [5, 5.41) is 14.8. The Morgan fingerprint density at radius 1 is 1.39 bits per heavy atom. The van der Waals surface area contributed by atoms with Crippen LogP contribution >= 0.6 is 0 Å². The Morgan fingerprint density at radius 3 is 2.70 bits per heavy atom. The van der Waals surface area contributed by atoms with E-state index in [1.807, 2.05) is 0 Å². The lowest BCUT2D eigenvalue weighted by Gasteiger charge is -2.07. The van der Waals surface area contributed by atoms with Crippen LogP contribution in [0.3, 0.4) is 0 Å². The molecule has 0 aliphatic rings. The summed E-state index contributed by atoms with van der Waals surface area (Å²) in [5.74, 6) is 0.00361. The van der Waals surface area contributed by atoms with Crippen molar-refractivity contribution in [2.75, 3.05) is 6.61 Å². The molecule has 0 amide bonds. The number of carbonyl (C=O) groups is 1. The van der Waals surface area contributed by atoms with Gasteiger partial charge in [0.25, 0.3) is 0 Å². The van der Waals surface area contributed by atoms with E-state index >= 15 is 0 Å². The minimum atomic E-state index is -0.670. The van der Waals surface area contributed by atoms with Crippen LogP contribution in [0.15, 0.2) is 22.7 Å². The Morgan fingerprint density at radius 2 is 2.13 bits per heavy atom. The van der Waals surface area contributed by atoms with E-state index in [4.69, 9.17) is 14.0 Å². The highest BCUT2D eigenvalue weighted by molar-refractivity contribution is 5.90. The van der Waals surface area contributed by atoms with Crippen molar-refractivity contribution in [2.45, 2.75) is 27.4 Å². The predicted octanol–water partition coefficient (Wildman–Crippen LogP) is 2.96. The third-order valence-corrected chi connectivity index (χ3v) is 3.22. The van der Waals surface area contributed by atoms with Gasteiger partial charge in [0.1, 0.15) is 12.4 Å². The van der Waals surface area contributed by atoms with Crippen molar-refractivity contribution in [1.82, 2.24) is 5.16 Å². The van der Waals surface area contributed by atoms with Gasteiger partial charge in [-0.25, -0.2) is 4.79 Å². The van der Waals surface area contributed by atoms with Gasteiger partial charge < -0.3 is 14.0 Å². The quantitative estimate of drug-likeness (QED) is 0.457. The number of ether oxygens (including phenoxy) is 2. The van der Waals surface area contributed by atoms with Crippen molar-refractivity contribution < 1.29 is 23.7 Å². The van der Waals surface area contributed by atoms with Crippen molar-refractivity contribution in [2.24, 2.45) is 0 Å². The molecule has 2 aromatic rings. The molecule has 0 N–H and O–H groups in total. The van der Waals surface area contributed by atoms with Gasteiger partial charge in [-0.3, -0.25) is 10.1 Å². The highest BCUT2D eigenvalue weighted by Crippen LogP contribution is 2.28. The first-order chi connectivity index (χ1) is 10.9. The molecule has 122 valence electrons. The van der Waals surface area contributed by atoms with Crippen LogP contribution in [-0.2, 0) is 11.3 Å². The minimum absolute atomic E-state index is 0.0129. The molecule has 0 saturated carbocycles. The van der Waals surface area contributed by atoms with Gasteiger partial charge in [0, 0.05) is 6.07 Å². The molecule has 8 heteroatoms. The Bertz CT molecular complexity index is 718. The Balaban J connectivity index is 2.16. The molecule has 0 spiro atoms. The molecule has 1 heterocycles. The summed E-state index contributed by atoms with van der Waals surface area (Å²) in [6, 6.07) is 3.95. The molecule has 0 aliphatic carbocycles. The average molecular weight is 320 g/mol. The first-order valence-corrected chi connectivity index (χ1v) is 6.94. The fraction of sp³-hybridized carbons (Fsp3) is 0.333. The fourth-order valence-corrected chi connectivity index (χ4v) is 1.99. The average Bonchev–Trinajstić information content (AvgIpc) is 2.84. The summed E-state index contributed by atoms with van der Waals surface area (Å²) in [7, 11) is 0. The number of aryl methyl sites for hydroxylation is 2. The van der Waals surface area contributed by atoms with Gasteiger partial charge in [0.05, 0.1) is 28.4 Å². The lowest BCUT2D eigenvalue weighted by Crippen LogP contribution is -2.07. The normalized spacial score (nSPS) is 10.4. The molecule has 0 radical (unpaired) electrons. The molecular formula is C15H16N2O6. The number of nitro benzene ring substituents is 1. The Labute approximate surface area is 132 Å². The number of aromatic nitrogens is 1. The maximum Gasteiger partial charge on any atom is 0.338 e. The third-order valence-electron chi connectivity index (χ3n) is 3.22. The molecule has 23 heavy (non-hydrogen) atoms. The van der Waals surface area contributed by atoms with E-state index in [1.54, 1.807) is 20.8 Å². The maximum atomic E-state index is 12.1. The van der Waals surface area contributed by atoms with Crippen LogP contribution in [0.2, 0.25) is 0 Å². The molecule has 2 rings (SSSR count). The van der Waals surface area contributed by atoms with E-state index in [0.29, 0.717) is 17.0 Å². The number of rotatable bonds is 6. The molecule has 0 aliphatic heterocycles. The smallest absolute Gasteiger partial charge is 0.338 e. The van der Waals surface area contributed by atoms with Gasteiger partial charge in [-0.15, -0.1) is 0 Å². The van der Waals surface area contributed by atoms with Gasteiger partial charge >= 0.3 is 11.7 Å². The van der Waals surface area contributed by atoms with Gasteiger partial charge in [0.2, 0.25) is 0 Å². The van der Waals surface area contributed by atoms with E-state index in [2.05, 4.69) is 5.16 Å². The summed E-state index contributed by atoms with van der Waals surface area (Å²) < 4.78 is 15.3. The van der Waals surface area contributed by atoms with E-state index in [0.717, 1.165) is 6.07 Å². The lowest BCUT2D eigenvalue weighted by molar-refractivity contribution is -0.385. The zero-order chi connectivity index (χ0) is 17.0. The van der Waals surface area contributed by atoms with Crippen LogP contribution in [0.4, 0.5) is 5.69 Å². The molecular weight excluding hydrogens is 304 g/mol. The second-order valence-electron chi connectivity index (χ2n) is 4.75. The van der Waals surface area contributed by atoms with Crippen LogP contribution in [0.5, 0.6) is 5.75 Å². The number of nitro groups is 1. The zero-order valence-corrected chi connectivity index (χ0v) is 13.0. The number of nitrogens with zero attached hydrogens (tertiary/aromatic N) is 2. The molecule has 0 fully saturated rings. The number of hydrogen-bond donors (Lipinski definition) is 0. The zero-order valence-electron chi connectivity index (χ0n) is 13.0. The molecule has 1 aromatic carbocycles. The molecule has 0 bridgehead atoms. The Hall–Kier alpha value is -2.90. The first-order valence-electron chi connectivity index (χ1n) is 6.94. The van der Waals surface area contributed by atoms with E-state index in [-0.39, 0.29) is 30.2 Å². The highest BCUT2D eigenvalue weighted by Gasteiger charge is 2.20. The van der Waals surface area contributed by atoms with Crippen LogP contribution in [0.25, 0.3) is 0 Å². The van der Waals surface area contributed by atoms with E-state index < -0.39 is 10.9 Å². The molecule has 0 unspecified atom stereocenters. The fourth-order valence-electron chi connectivity index (χ4n) is 1.99. The van der Waals surface area contributed by atoms with E-state index in [1.165, 1.54) is 12.1 Å². The van der Waals surface area contributed by atoms with Crippen LogP contribution in [-0.4, -0.2) is 22.7 Å². The van der Waals surface area contributed by atoms with E-state index in [9.17, 15) is 14.9 Å². The molecule has 1 aromatic heterocycles. The minimum Gasteiger partial charge on any atom is -0.487 e. The number of hydrogen-bond acceptors (Lipinski definition) is 7. The first kappa shape index (κ1) is 16.5. The maximum absolute atomic E-state index is 12.1. The summed E-state index contributed by atoms with van der Waals surface area (Å²) in [6.07, 6.45) is 0. The standard InChI is InChI=1S/C15H16N2O6/c1-4-21-14-6-5-11(7-13(14)17(19)20)15(18)22-8-12-9(2)16-23-10(12)3/h5-7H,4,8H2,1-3H3. The lowest BCUT2D eigenvalue weighted by atomic mass is 10.2. The third kappa shape index (κ3) is 3.65. The van der Waals surface area contributed by atoms with Crippen LogP contribution in [0, 0.1) is 24.0 Å². The second-order valence-corrected chi connectivity index (χ2v) is 4.75. The summed E-state index contributed by atoms with van der Waals surface area (Å²) in [5.41, 5.74) is 1.11. The molecule has 0 atom stereocenters. The topological polar surface area (TPSA) is 105 Å². The van der Waals surface area contributed by atoms with Gasteiger partial charge in [-0.05, 0) is 32.9 Å². The Kier molecular flexibility index (Phi) is 4.95. The van der Waals surface area contributed by atoms with Gasteiger partial charge in [0.15, 0.2) is 5.75 Å². The van der Waals surface area contributed by atoms with Crippen LogP contribution in [0.1, 0.15) is 34.3 Å². The summed E-state index contributed by atoms with van der Waals surface area (Å²) in [6.45, 7) is 5.44. The summed E-state index contributed by atoms with van der Waals surface area (Å²) >= 11 is 0. The predicted molar refractivity (Wildman–Crippen MR) is 79.4 cm³/mol. The number of carbonyl (C=O) groups excluding carboxylic acids is 1. The second kappa shape index (κ2) is 6.91. The highest BCUT2D eigenvalue weighted by atomic mass is 16.6. The van der Waals surface area contributed by atoms with Crippen molar-refractivity contribution >= 4 is 11.7 Å². The summed E-state index contributed by atoms with van der Waals surface area (Å²) in [4.78, 5) is 22.5. The van der Waals surface area contributed by atoms with Crippen LogP contribution < -0.4 is 4.74 Å². The molecule has 8 nitrogen and oxygen atoms in total. The monoisotopic (exact) mass is 320 g/mol. The number of benzene rings is 1. The van der Waals surface area contributed by atoms with Crippen molar-refractivity contribution in [3.05, 3.63) is 50.9 Å². The number of esters is 1. The van der Waals surface area contributed by atoms with Crippen molar-refractivity contribution in [1.29, 1.82) is 0 Å². The van der Waals surface area contributed by atoms with Gasteiger partial charge in [-0.2, -0.15) is 0 Å².